The molecule has 1 amide bonds. The van der Waals surface area contributed by atoms with Crippen LogP contribution in [0, 0.1) is 0 Å². The minimum Gasteiger partial charge on any atom is -0.328 e. The van der Waals surface area contributed by atoms with Crippen molar-refractivity contribution < 1.29 is 4.79 Å². The molecule has 1 aromatic carbocycles. The maximum atomic E-state index is 10.5. The van der Waals surface area contributed by atoms with Gasteiger partial charge in [-0.3, -0.25) is 4.79 Å². The summed E-state index contributed by atoms with van der Waals surface area (Å²) >= 11 is 0. The summed E-state index contributed by atoms with van der Waals surface area (Å²) in [4.78, 5) is 10.5. The molecule has 82 valence electrons. The molecular formula is C13H19NO. The van der Waals surface area contributed by atoms with Crippen molar-refractivity contribution in [2.24, 2.45) is 0 Å². The lowest BCUT2D eigenvalue weighted by molar-refractivity contribution is -0.105. The molecule has 0 unspecified atom stereocenters. The highest BCUT2D eigenvalue weighted by Crippen LogP contribution is 2.30. The van der Waals surface area contributed by atoms with Gasteiger partial charge in [-0.15, -0.1) is 0 Å². The summed E-state index contributed by atoms with van der Waals surface area (Å²) in [7, 11) is 0. The van der Waals surface area contributed by atoms with Crippen molar-refractivity contribution in [3.8, 4) is 0 Å². The number of aryl methyl sites for hydroxylation is 1. The Hall–Kier alpha value is -1.31. The van der Waals surface area contributed by atoms with Crippen molar-refractivity contribution in [3.63, 3.8) is 0 Å². The number of benzene rings is 1. The standard InChI is InChI=1S/C13H19NO/c1-5-10-6-7-12(14-9-15)11(8-10)13(2,3)4/h6-9H,5H2,1-4H3,(H,14,15). The summed E-state index contributed by atoms with van der Waals surface area (Å²) in [6.45, 7) is 8.59. The number of amides is 1. The van der Waals surface area contributed by atoms with E-state index in [0.29, 0.717) is 0 Å². The Labute approximate surface area is 91.7 Å². The third kappa shape index (κ3) is 2.82. The second-order valence-corrected chi connectivity index (χ2v) is 4.75. The fraction of sp³-hybridized carbons (Fsp3) is 0.462. The highest BCUT2D eigenvalue weighted by molar-refractivity contribution is 5.74. The number of nitrogens with one attached hydrogen (secondary N) is 1. The molecule has 0 aliphatic heterocycles. The lowest BCUT2D eigenvalue weighted by Crippen LogP contribution is -2.15. The van der Waals surface area contributed by atoms with E-state index in [-0.39, 0.29) is 5.41 Å². The fourth-order valence-corrected chi connectivity index (χ4v) is 1.62. The van der Waals surface area contributed by atoms with E-state index in [2.05, 4.69) is 45.1 Å². The Morgan fingerprint density at radius 3 is 2.47 bits per heavy atom. The Morgan fingerprint density at radius 1 is 1.33 bits per heavy atom. The molecule has 0 radical (unpaired) electrons. The average Bonchev–Trinajstić information content (AvgIpc) is 2.17. The van der Waals surface area contributed by atoms with Crippen LogP contribution in [0.3, 0.4) is 0 Å². The molecule has 0 fully saturated rings. The zero-order valence-corrected chi connectivity index (χ0v) is 9.92. The van der Waals surface area contributed by atoms with E-state index in [9.17, 15) is 4.79 Å². The van der Waals surface area contributed by atoms with Crippen LogP contribution in [0.15, 0.2) is 18.2 Å². The first-order valence-electron chi connectivity index (χ1n) is 5.32. The van der Waals surface area contributed by atoms with Gasteiger partial charge in [0.25, 0.3) is 0 Å². The Balaban J connectivity index is 3.22. The van der Waals surface area contributed by atoms with Crippen molar-refractivity contribution in [1.82, 2.24) is 0 Å². The number of carbonyl (C=O) groups excluding carboxylic acids is 1. The molecule has 0 spiro atoms. The first kappa shape index (κ1) is 11.8. The predicted molar refractivity (Wildman–Crippen MR) is 64.2 cm³/mol. The quantitative estimate of drug-likeness (QED) is 0.755. The summed E-state index contributed by atoms with van der Waals surface area (Å²) in [5.74, 6) is 0. The number of hydrogen-bond donors (Lipinski definition) is 1. The molecule has 0 aromatic heterocycles. The Kier molecular flexibility index (Phi) is 3.51. The first-order valence-corrected chi connectivity index (χ1v) is 5.32. The van der Waals surface area contributed by atoms with Crippen LogP contribution in [0.1, 0.15) is 38.8 Å². The van der Waals surface area contributed by atoms with Crippen LogP contribution in [0.5, 0.6) is 0 Å². The third-order valence-corrected chi connectivity index (χ3v) is 2.51. The van der Waals surface area contributed by atoms with Crippen LogP contribution in [-0.2, 0) is 16.6 Å². The van der Waals surface area contributed by atoms with Gasteiger partial charge in [0.1, 0.15) is 0 Å². The van der Waals surface area contributed by atoms with Crippen LogP contribution < -0.4 is 5.32 Å². The third-order valence-electron chi connectivity index (χ3n) is 2.51. The van der Waals surface area contributed by atoms with Gasteiger partial charge < -0.3 is 5.32 Å². The van der Waals surface area contributed by atoms with Gasteiger partial charge in [0.05, 0.1) is 0 Å². The largest absolute Gasteiger partial charge is 0.328 e. The topological polar surface area (TPSA) is 29.1 Å². The summed E-state index contributed by atoms with van der Waals surface area (Å²) in [5.41, 5.74) is 3.45. The van der Waals surface area contributed by atoms with E-state index in [1.54, 1.807) is 0 Å². The summed E-state index contributed by atoms with van der Waals surface area (Å²) < 4.78 is 0. The van der Waals surface area contributed by atoms with Crippen molar-refractivity contribution in [2.75, 3.05) is 5.32 Å². The van der Waals surface area contributed by atoms with Gasteiger partial charge in [-0.05, 0) is 29.0 Å². The van der Waals surface area contributed by atoms with Crippen molar-refractivity contribution in [3.05, 3.63) is 29.3 Å². The Morgan fingerprint density at radius 2 is 2.00 bits per heavy atom. The average molecular weight is 205 g/mol. The highest BCUT2D eigenvalue weighted by Gasteiger charge is 2.17. The van der Waals surface area contributed by atoms with Crippen LogP contribution >= 0.6 is 0 Å². The molecule has 0 aliphatic rings. The van der Waals surface area contributed by atoms with E-state index in [4.69, 9.17) is 0 Å². The number of hydrogen-bond acceptors (Lipinski definition) is 1. The molecule has 1 aromatic rings. The van der Waals surface area contributed by atoms with Crippen molar-refractivity contribution >= 4 is 12.1 Å². The SMILES string of the molecule is CCc1ccc(NC=O)c(C(C)(C)C)c1. The predicted octanol–water partition coefficient (Wildman–Crippen LogP) is 3.11. The van der Waals surface area contributed by atoms with E-state index in [1.807, 2.05) is 6.07 Å². The molecule has 2 nitrogen and oxygen atoms in total. The molecule has 0 aliphatic carbocycles. The number of carbonyl (C=O) groups is 1. The van der Waals surface area contributed by atoms with Gasteiger partial charge in [-0.25, -0.2) is 0 Å². The molecule has 1 N–H and O–H groups in total. The minimum absolute atomic E-state index is 0.0521. The lowest BCUT2D eigenvalue weighted by atomic mass is 9.84. The fourth-order valence-electron chi connectivity index (χ4n) is 1.62. The van der Waals surface area contributed by atoms with Gasteiger partial charge >= 0.3 is 0 Å². The molecule has 0 bridgehead atoms. The zero-order valence-electron chi connectivity index (χ0n) is 9.92. The van der Waals surface area contributed by atoms with Crippen molar-refractivity contribution in [1.29, 1.82) is 0 Å². The monoisotopic (exact) mass is 205 g/mol. The highest BCUT2D eigenvalue weighted by atomic mass is 16.1. The maximum absolute atomic E-state index is 10.5. The molecule has 0 saturated heterocycles. The number of anilines is 1. The molecule has 0 saturated carbocycles. The molecule has 15 heavy (non-hydrogen) atoms. The van der Waals surface area contributed by atoms with Gasteiger partial charge in [0.2, 0.25) is 6.41 Å². The summed E-state index contributed by atoms with van der Waals surface area (Å²) in [6.07, 6.45) is 1.75. The first-order chi connectivity index (χ1) is 6.99. The minimum atomic E-state index is 0.0521. The maximum Gasteiger partial charge on any atom is 0.211 e. The van der Waals surface area contributed by atoms with E-state index in [0.717, 1.165) is 18.5 Å². The van der Waals surface area contributed by atoms with E-state index in [1.165, 1.54) is 11.1 Å². The molecule has 2 heteroatoms. The van der Waals surface area contributed by atoms with E-state index < -0.39 is 0 Å². The van der Waals surface area contributed by atoms with Crippen LogP contribution in [0.25, 0.3) is 0 Å². The van der Waals surface area contributed by atoms with Crippen molar-refractivity contribution in [2.45, 2.75) is 39.5 Å². The smallest absolute Gasteiger partial charge is 0.211 e. The molecule has 1 rings (SSSR count). The van der Waals surface area contributed by atoms with Gasteiger partial charge in [-0.2, -0.15) is 0 Å². The molecule has 0 heterocycles. The number of rotatable bonds is 3. The second-order valence-electron chi connectivity index (χ2n) is 4.75. The summed E-state index contributed by atoms with van der Waals surface area (Å²) in [6, 6.07) is 6.21. The van der Waals surface area contributed by atoms with Gasteiger partial charge in [-0.1, -0.05) is 39.8 Å². The van der Waals surface area contributed by atoms with Gasteiger partial charge in [0.15, 0.2) is 0 Å². The van der Waals surface area contributed by atoms with E-state index >= 15 is 0 Å². The molecular weight excluding hydrogens is 186 g/mol. The van der Waals surface area contributed by atoms with Crippen LogP contribution in [0.4, 0.5) is 5.69 Å². The second kappa shape index (κ2) is 4.47. The Bertz CT molecular complexity index is 350. The van der Waals surface area contributed by atoms with Gasteiger partial charge in [0, 0.05) is 5.69 Å². The molecule has 0 atom stereocenters. The zero-order chi connectivity index (χ0) is 11.5. The van der Waals surface area contributed by atoms with Crippen LogP contribution in [0.2, 0.25) is 0 Å². The summed E-state index contributed by atoms with van der Waals surface area (Å²) in [5, 5.41) is 2.75. The normalized spacial score (nSPS) is 11.2. The van der Waals surface area contributed by atoms with Crippen LogP contribution in [-0.4, -0.2) is 6.41 Å². The lowest BCUT2D eigenvalue weighted by Gasteiger charge is -2.23.